The largest absolute Gasteiger partial charge is 0.493 e. The van der Waals surface area contributed by atoms with Gasteiger partial charge < -0.3 is 34.1 Å². The minimum atomic E-state index is -0.187. The van der Waals surface area contributed by atoms with Gasteiger partial charge in [0.2, 0.25) is 0 Å². The summed E-state index contributed by atoms with van der Waals surface area (Å²) in [5, 5.41) is 3.41. The molecule has 11 nitrogen and oxygen atoms in total. The minimum absolute atomic E-state index is 0.0803. The highest BCUT2D eigenvalue weighted by molar-refractivity contribution is 6.06. The Labute approximate surface area is 314 Å². The van der Waals surface area contributed by atoms with E-state index in [1.807, 2.05) is 35.7 Å². The van der Waals surface area contributed by atoms with Crippen LogP contribution in [0.5, 0.6) is 23.0 Å². The highest BCUT2D eigenvalue weighted by Crippen LogP contribution is 2.41. The molecule has 2 atom stereocenters. The SMILES string of the molecule is COc1cc2c(cc1OCCCOc1cc3c(cc1OC)C(=O)N1Cc4ccccc4C[C@H]1C=N3)N=C[C@@H]1CC(c3ccc(NC(C)C)cc3)=CN1C2=O. The van der Waals surface area contributed by atoms with Gasteiger partial charge in [-0.05, 0) is 66.8 Å². The van der Waals surface area contributed by atoms with Crippen molar-refractivity contribution >= 4 is 46.9 Å². The molecule has 54 heavy (non-hydrogen) atoms. The molecule has 4 aliphatic heterocycles. The zero-order chi connectivity index (χ0) is 37.3. The van der Waals surface area contributed by atoms with Crippen molar-refractivity contribution in [2.75, 3.05) is 32.8 Å². The number of carbonyl (C=O) groups is 2. The van der Waals surface area contributed by atoms with Crippen LogP contribution in [0.15, 0.2) is 89.0 Å². The lowest BCUT2D eigenvalue weighted by Crippen LogP contribution is -2.44. The lowest BCUT2D eigenvalue weighted by molar-refractivity contribution is 0.0702. The molecule has 4 heterocycles. The van der Waals surface area contributed by atoms with Crippen molar-refractivity contribution in [3.63, 3.8) is 0 Å². The second kappa shape index (κ2) is 14.7. The summed E-state index contributed by atoms with van der Waals surface area (Å²) in [6, 6.07) is 23.5. The van der Waals surface area contributed by atoms with Crippen molar-refractivity contribution in [3.05, 3.63) is 107 Å². The number of carbonyl (C=O) groups excluding carboxylic acids is 2. The number of aliphatic imine (C=N–C) groups is 2. The van der Waals surface area contributed by atoms with E-state index in [9.17, 15) is 9.59 Å². The first-order chi connectivity index (χ1) is 26.3. The summed E-state index contributed by atoms with van der Waals surface area (Å²) in [6.45, 7) is 5.39. The highest BCUT2D eigenvalue weighted by Gasteiger charge is 2.35. The van der Waals surface area contributed by atoms with Crippen molar-refractivity contribution in [1.29, 1.82) is 0 Å². The average molecular weight is 726 g/mol. The quantitative estimate of drug-likeness (QED) is 0.158. The predicted octanol–water partition coefficient (Wildman–Crippen LogP) is 7.63. The number of nitrogens with one attached hydrogen (secondary N) is 1. The molecule has 0 aromatic heterocycles. The van der Waals surface area contributed by atoms with Crippen LogP contribution < -0.4 is 24.3 Å². The van der Waals surface area contributed by atoms with E-state index in [0.717, 1.165) is 28.8 Å². The molecule has 0 fully saturated rings. The standard InChI is InChI=1S/C43H43N5O6/c1-26(2)46-31-12-10-27(11-13-31)30-17-33-23-45-37-21-41(39(52-4)19-35(37)43(50)48(33)25-30)54-15-7-14-53-40-20-36-34(18-38(40)51-3)42(49)47-24-29-9-6-5-8-28(29)16-32(47)22-44-36/h5-6,8-13,18-23,25-26,32-33,46H,7,14-17,24H2,1-4H3/t32-,33-/m0/s1. The Morgan fingerprint density at radius 3 is 1.98 bits per heavy atom. The van der Waals surface area contributed by atoms with E-state index < -0.39 is 0 Å². The Morgan fingerprint density at radius 1 is 0.741 bits per heavy atom. The van der Waals surface area contributed by atoms with E-state index in [-0.39, 0.29) is 23.9 Å². The van der Waals surface area contributed by atoms with Gasteiger partial charge in [-0.2, -0.15) is 0 Å². The fourth-order valence-corrected chi connectivity index (χ4v) is 7.43. The third-order valence-electron chi connectivity index (χ3n) is 10.2. The minimum Gasteiger partial charge on any atom is -0.493 e. The number of rotatable bonds is 11. The van der Waals surface area contributed by atoms with Crippen LogP contribution in [0.4, 0.5) is 17.1 Å². The molecular formula is C43H43N5O6. The molecule has 0 aliphatic carbocycles. The van der Waals surface area contributed by atoms with E-state index in [1.54, 1.807) is 43.4 Å². The predicted molar refractivity (Wildman–Crippen MR) is 209 cm³/mol. The normalized spacial score (nSPS) is 18.1. The summed E-state index contributed by atoms with van der Waals surface area (Å²) in [6.07, 6.45) is 7.56. The molecule has 0 unspecified atom stereocenters. The van der Waals surface area contributed by atoms with Crippen molar-refractivity contribution in [3.8, 4) is 23.0 Å². The summed E-state index contributed by atoms with van der Waals surface area (Å²) in [7, 11) is 3.11. The van der Waals surface area contributed by atoms with E-state index in [0.29, 0.717) is 84.1 Å². The Kier molecular flexibility index (Phi) is 9.54. The van der Waals surface area contributed by atoms with Crippen LogP contribution in [0.3, 0.4) is 0 Å². The maximum atomic E-state index is 13.8. The smallest absolute Gasteiger partial charge is 0.260 e. The number of methoxy groups -OCH3 is 2. The molecule has 0 spiro atoms. The number of anilines is 1. The van der Waals surface area contributed by atoms with Gasteiger partial charge in [-0.15, -0.1) is 0 Å². The zero-order valence-electron chi connectivity index (χ0n) is 30.9. The Bertz CT molecular complexity index is 2190. The summed E-state index contributed by atoms with van der Waals surface area (Å²) >= 11 is 0. The maximum Gasteiger partial charge on any atom is 0.260 e. The van der Waals surface area contributed by atoms with Gasteiger partial charge in [0.05, 0.1) is 62.0 Å². The first kappa shape index (κ1) is 35.0. The number of amides is 2. The number of hydrogen-bond acceptors (Lipinski definition) is 9. The molecule has 4 aromatic carbocycles. The first-order valence-electron chi connectivity index (χ1n) is 18.4. The molecule has 1 N–H and O–H groups in total. The lowest BCUT2D eigenvalue weighted by Gasteiger charge is -2.34. The van der Waals surface area contributed by atoms with E-state index in [2.05, 4.69) is 55.6 Å². The Hall–Kier alpha value is -6.10. The molecule has 0 bridgehead atoms. The van der Waals surface area contributed by atoms with Crippen LogP contribution >= 0.6 is 0 Å². The van der Waals surface area contributed by atoms with Gasteiger partial charge in [0.25, 0.3) is 11.8 Å². The van der Waals surface area contributed by atoms with Crippen molar-refractivity contribution < 1.29 is 28.5 Å². The van der Waals surface area contributed by atoms with Crippen molar-refractivity contribution in [2.24, 2.45) is 9.98 Å². The van der Waals surface area contributed by atoms with Crippen LogP contribution in [0.25, 0.3) is 5.57 Å². The topological polar surface area (TPSA) is 114 Å². The summed E-state index contributed by atoms with van der Waals surface area (Å²) in [5.41, 5.74) is 7.64. The summed E-state index contributed by atoms with van der Waals surface area (Å²) in [4.78, 5) is 40.6. The first-order valence-corrected chi connectivity index (χ1v) is 18.4. The van der Waals surface area contributed by atoms with E-state index in [1.165, 1.54) is 5.56 Å². The van der Waals surface area contributed by atoms with Gasteiger partial charge in [-0.3, -0.25) is 19.6 Å². The second-order valence-electron chi connectivity index (χ2n) is 14.1. The molecule has 276 valence electrons. The van der Waals surface area contributed by atoms with Gasteiger partial charge in [0.1, 0.15) is 0 Å². The Balaban J connectivity index is 0.910. The molecule has 0 radical (unpaired) electrons. The molecule has 0 saturated carbocycles. The second-order valence-corrected chi connectivity index (χ2v) is 14.1. The van der Waals surface area contributed by atoms with Crippen molar-refractivity contribution in [2.45, 2.75) is 57.8 Å². The fraction of sp³-hybridized carbons (Fsp3) is 0.302. The van der Waals surface area contributed by atoms with Gasteiger partial charge in [0, 0.05) is 61.9 Å². The van der Waals surface area contributed by atoms with Crippen molar-refractivity contribution in [1.82, 2.24) is 9.80 Å². The van der Waals surface area contributed by atoms with E-state index in [4.69, 9.17) is 28.9 Å². The number of nitrogens with zero attached hydrogens (tertiary/aromatic N) is 4. The molecular weight excluding hydrogens is 683 g/mol. The summed E-state index contributed by atoms with van der Waals surface area (Å²) < 4.78 is 23.6. The van der Waals surface area contributed by atoms with E-state index >= 15 is 0 Å². The monoisotopic (exact) mass is 725 g/mol. The summed E-state index contributed by atoms with van der Waals surface area (Å²) in [5.74, 6) is 1.68. The number of hydrogen-bond donors (Lipinski definition) is 1. The van der Waals surface area contributed by atoms with Gasteiger partial charge in [0.15, 0.2) is 23.0 Å². The molecule has 11 heteroatoms. The third kappa shape index (κ3) is 6.77. The maximum absolute atomic E-state index is 13.8. The number of benzene rings is 4. The van der Waals surface area contributed by atoms with Crippen LogP contribution in [-0.2, 0) is 13.0 Å². The molecule has 4 aliphatic rings. The molecule has 0 saturated heterocycles. The van der Waals surface area contributed by atoms with Crippen LogP contribution in [0.1, 0.15) is 64.1 Å². The highest BCUT2D eigenvalue weighted by atomic mass is 16.5. The number of ether oxygens (including phenoxy) is 4. The van der Waals surface area contributed by atoms with Crippen LogP contribution in [-0.4, -0.2) is 79.6 Å². The van der Waals surface area contributed by atoms with Gasteiger partial charge >= 0.3 is 0 Å². The van der Waals surface area contributed by atoms with Crippen LogP contribution in [0, 0.1) is 0 Å². The van der Waals surface area contributed by atoms with Gasteiger partial charge in [-0.25, -0.2) is 0 Å². The lowest BCUT2D eigenvalue weighted by atomic mass is 9.94. The van der Waals surface area contributed by atoms with Crippen LogP contribution in [0.2, 0.25) is 0 Å². The Morgan fingerprint density at radius 2 is 1.35 bits per heavy atom. The number of fused-ring (bicyclic) bond motifs is 5. The molecule has 8 rings (SSSR count). The fourth-order valence-electron chi connectivity index (χ4n) is 7.43. The third-order valence-corrected chi connectivity index (χ3v) is 10.2. The van der Waals surface area contributed by atoms with Gasteiger partial charge in [-0.1, -0.05) is 36.4 Å². The average Bonchev–Trinajstić information content (AvgIpc) is 3.51. The molecule has 4 aromatic rings. The molecule has 2 amide bonds. The zero-order valence-corrected chi connectivity index (χ0v) is 30.9.